The highest BCUT2D eigenvalue weighted by Crippen LogP contribution is 1.92. The lowest BCUT2D eigenvalue weighted by Crippen LogP contribution is -1.96. The molecule has 0 heterocycles. The van der Waals surface area contributed by atoms with Crippen molar-refractivity contribution in [3.05, 3.63) is 12.2 Å². The van der Waals surface area contributed by atoms with Crippen LogP contribution in [0.15, 0.2) is 12.2 Å². The predicted molar refractivity (Wildman–Crippen MR) is 55.1 cm³/mol. The molecule has 0 aliphatic carbocycles. The van der Waals surface area contributed by atoms with Crippen LogP contribution in [0.25, 0.3) is 0 Å². The number of halogens is 1. The van der Waals surface area contributed by atoms with E-state index in [1.165, 1.54) is 4.43 Å². The van der Waals surface area contributed by atoms with Crippen LogP contribution >= 0.6 is 22.6 Å². The molecule has 0 aromatic carbocycles. The molecule has 0 fully saturated rings. The van der Waals surface area contributed by atoms with Crippen molar-refractivity contribution in [3.8, 4) is 0 Å². The van der Waals surface area contributed by atoms with Gasteiger partial charge in [0.25, 0.3) is 0 Å². The summed E-state index contributed by atoms with van der Waals surface area (Å²) < 4.78 is 11.0. The summed E-state index contributed by atoms with van der Waals surface area (Å²) in [7, 11) is 1.63. The molecule has 0 aromatic rings. The monoisotopic (exact) mass is 270 g/mol. The van der Waals surface area contributed by atoms with E-state index in [-0.39, 0.29) is 0 Å². The van der Waals surface area contributed by atoms with E-state index in [2.05, 4.69) is 34.7 Å². The highest BCUT2D eigenvalue weighted by atomic mass is 127. The summed E-state index contributed by atoms with van der Waals surface area (Å²) in [6, 6.07) is 0. The molecule has 0 rings (SSSR count). The molecule has 3 heteroatoms. The predicted octanol–water partition coefficient (Wildman–Crippen LogP) is 2.38. The van der Waals surface area contributed by atoms with Crippen molar-refractivity contribution < 1.29 is 9.47 Å². The van der Waals surface area contributed by atoms with Gasteiger partial charge in [-0.3, -0.25) is 0 Å². The lowest BCUT2D eigenvalue weighted by atomic mass is 10.3. The van der Waals surface area contributed by atoms with E-state index >= 15 is 0 Å². The Bertz CT molecular complexity index is 94.1. The van der Waals surface area contributed by atoms with Gasteiger partial charge in [-0.25, -0.2) is 0 Å². The van der Waals surface area contributed by atoms with Crippen LogP contribution in [0.3, 0.4) is 0 Å². The Morgan fingerprint density at radius 3 is 2.64 bits per heavy atom. The van der Waals surface area contributed by atoms with E-state index < -0.39 is 0 Å². The molecule has 0 aliphatic rings. The van der Waals surface area contributed by atoms with Crippen molar-refractivity contribution >= 4 is 22.6 Å². The summed E-state index contributed by atoms with van der Waals surface area (Å²) in [5.74, 6) is 0. The molecule has 0 atom stereocenters. The zero-order valence-corrected chi connectivity index (χ0v) is 9.04. The second kappa shape index (κ2) is 10.4. The number of methoxy groups -OCH3 is 1. The van der Waals surface area contributed by atoms with Crippen LogP contribution in [-0.2, 0) is 9.47 Å². The zero-order chi connectivity index (χ0) is 8.36. The van der Waals surface area contributed by atoms with Gasteiger partial charge in [0.2, 0.25) is 0 Å². The first kappa shape index (κ1) is 11.4. The van der Waals surface area contributed by atoms with E-state index in [0.29, 0.717) is 6.79 Å². The van der Waals surface area contributed by atoms with Gasteiger partial charge >= 0.3 is 0 Å². The SMILES string of the molecule is COCOCCC=CCCI. The topological polar surface area (TPSA) is 18.5 Å². The van der Waals surface area contributed by atoms with Crippen LogP contribution in [0.2, 0.25) is 0 Å². The Hall–Kier alpha value is 0.390. The molecule has 0 aromatic heterocycles. The second-order valence-corrected chi connectivity index (χ2v) is 3.13. The van der Waals surface area contributed by atoms with Crippen LogP contribution in [-0.4, -0.2) is 24.9 Å². The first-order valence-corrected chi connectivity index (χ1v) is 5.22. The molecule has 0 aliphatic heterocycles. The molecule has 66 valence electrons. The van der Waals surface area contributed by atoms with Crippen molar-refractivity contribution in [2.45, 2.75) is 12.8 Å². The Balaban J connectivity index is 2.89. The average molecular weight is 270 g/mol. The Morgan fingerprint density at radius 2 is 2.00 bits per heavy atom. The second-order valence-electron chi connectivity index (χ2n) is 2.05. The van der Waals surface area contributed by atoms with Crippen LogP contribution < -0.4 is 0 Å². The number of hydrogen-bond donors (Lipinski definition) is 0. The minimum Gasteiger partial charge on any atom is -0.359 e. The number of allylic oxidation sites excluding steroid dienone is 1. The molecule has 0 saturated heterocycles. The maximum atomic E-state index is 5.09. The minimum absolute atomic E-state index is 0.403. The smallest absolute Gasteiger partial charge is 0.146 e. The van der Waals surface area contributed by atoms with Gasteiger partial charge in [-0.05, 0) is 12.8 Å². The van der Waals surface area contributed by atoms with E-state index in [1.54, 1.807) is 7.11 Å². The molecular weight excluding hydrogens is 255 g/mol. The molecular formula is C8H15IO2. The molecule has 0 N–H and O–H groups in total. The van der Waals surface area contributed by atoms with E-state index in [1.807, 2.05) is 0 Å². The molecule has 0 spiro atoms. The summed E-state index contributed by atoms with van der Waals surface area (Å²) in [4.78, 5) is 0. The van der Waals surface area contributed by atoms with E-state index in [4.69, 9.17) is 9.47 Å². The van der Waals surface area contributed by atoms with Gasteiger partial charge in [-0.2, -0.15) is 0 Å². The minimum atomic E-state index is 0.403. The fourth-order valence-electron chi connectivity index (χ4n) is 0.592. The molecule has 0 unspecified atom stereocenters. The first-order valence-electron chi connectivity index (χ1n) is 3.69. The van der Waals surface area contributed by atoms with Gasteiger partial charge in [0.1, 0.15) is 6.79 Å². The zero-order valence-electron chi connectivity index (χ0n) is 6.88. The third-order valence-electron chi connectivity index (χ3n) is 1.07. The van der Waals surface area contributed by atoms with Crippen LogP contribution in [0, 0.1) is 0 Å². The number of rotatable bonds is 7. The highest BCUT2D eigenvalue weighted by Gasteiger charge is 1.81. The maximum absolute atomic E-state index is 5.09. The maximum Gasteiger partial charge on any atom is 0.146 e. The van der Waals surface area contributed by atoms with Crippen molar-refractivity contribution in [1.82, 2.24) is 0 Å². The highest BCUT2D eigenvalue weighted by molar-refractivity contribution is 14.1. The Morgan fingerprint density at radius 1 is 1.27 bits per heavy atom. The number of hydrogen-bond acceptors (Lipinski definition) is 2. The number of ether oxygens (including phenoxy) is 2. The Labute approximate surface area is 82.1 Å². The summed E-state index contributed by atoms with van der Waals surface area (Å²) in [6.45, 7) is 1.16. The lowest BCUT2D eigenvalue weighted by molar-refractivity contribution is -0.0285. The third-order valence-corrected chi connectivity index (χ3v) is 1.70. The summed E-state index contributed by atoms with van der Waals surface area (Å²) >= 11 is 2.36. The Kier molecular flexibility index (Phi) is 10.8. The van der Waals surface area contributed by atoms with Crippen LogP contribution in [0.4, 0.5) is 0 Å². The summed E-state index contributed by atoms with van der Waals surface area (Å²) in [5.41, 5.74) is 0. The molecule has 0 radical (unpaired) electrons. The van der Waals surface area contributed by atoms with Crippen LogP contribution in [0.5, 0.6) is 0 Å². The van der Waals surface area contributed by atoms with Crippen LogP contribution in [0.1, 0.15) is 12.8 Å². The standard InChI is InChI=1S/C8H15IO2/c1-10-8-11-7-5-3-2-4-6-9/h2-3H,4-8H2,1H3. The lowest BCUT2D eigenvalue weighted by Gasteiger charge is -1.97. The third kappa shape index (κ3) is 10.4. The molecule has 0 bridgehead atoms. The quantitative estimate of drug-likeness (QED) is 0.232. The van der Waals surface area contributed by atoms with E-state index in [9.17, 15) is 0 Å². The largest absolute Gasteiger partial charge is 0.359 e. The fraction of sp³-hybridized carbons (Fsp3) is 0.750. The van der Waals surface area contributed by atoms with Gasteiger partial charge in [0.05, 0.1) is 6.61 Å². The molecule has 11 heavy (non-hydrogen) atoms. The van der Waals surface area contributed by atoms with Crippen molar-refractivity contribution in [3.63, 3.8) is 0 Å². The molecule has 0 saturated carbocycles. The van der Waals surface area contributed by atoms with Crippen molar-refractivity contribution in [1.29, 1.82) is 0 Å². The first-order chi connectivity index (χ1) is 5.41. The fourth-order valence-corrected chi connectivity index (χ4v) is 0.952. The van der Waals surface area contributed by atoms with Gasteiger partial charge in [-0.15, -0.1) is 0 Å². The van der Waals surface area contributed by atoms with Crippen molar-refractivity contribution in [2.24, 2.45) is 0 Å². The summed E-state index contributed by atoms with van der Waals surface area (Å²) in [6.07, 6.45) is 6.47. The average Bonchev–Trinajstić information content (AvgIpc) is 2.03. The van der Waals surface area contributed by atoms with Gasteiger partial charge < -0.3 is 9.47 Å². The van der Waals surface area contributed by atoms with Crippen molar-refractivity contribution in [2.75, 3.05) is 24.9 Å². The summed E-state index contributed by atoms with van der Waals surface area (Å²) in [5, 5.41) is 0. The van der Waals surface area contributed by atoms with E-state index in [0.717, 1.165) is 19.4 Å². The molecule has 2 nitrogen and oxygen atoms in total. The van der Waals surface area contributed by atoms with Gasteiger partial charge in [-0.1, -0.05) is 34.7 Å². The number of alkyl halides is 1. The molecule has 0 amide bonds. The van der Waals surface area contributed by atoms with Gasteiger partial charge in [0, 0.05) is 11.5 Å². The normalized spacial score (nSPS) is 11.1. The van der Waals surface area contributed by atoms with Gasteiger partial charge in [0.15, 0.2) is 0 Å².